The zero-order valence-electron chi connectivity index (χ0n) is 12.2. The van der Waals surface area contributed by atoms with Crippen LogP contribution in [-0.4, -0.2) is 13.7 Å². The number of rotatable bonds is 6. The summed E-state index contributed by atoms with van der Waals surface area (Å²) in [7, 11) is 1.68. The van der Waals surface area contributed by atoms with Crippen molar-refractivity contribution < 1.29 is 4.74 Å². The van der Waals surface area contributed by atoms with Crippen LogP contribution in [0.4, 0.5) is 0 Å². The van der Waals surface area contributed by atoms with E-state index in [4.69, 9.17) is 27.9 Å². The van der Waals surface area contributed by atoms with Crippen LogP contribution in [0.5, 0.6) is 5.75 Å². The van der Waals surface area contributed by atoms with Crippen molar-refractivity contribution >= 4 is 23.2 Å². The van der Waals surface area contributed by atoms with E-state index in [2.05, 4.69) is 18.3 Å². The summed E-state index contributed by atoms with van der Waals surface area (Å²) in [6, 6.07) is 13.8. The number of hydrogen-bond donors (Lipinski definition) is 1. The Balaban J connectivity index is 2.28. The van der Waals surface area contributed by atoms with Crippen LogP contribution in [0.15, 0.2) is 42.5 Å². The van der Waals surface area contributed by atoms with Gasteiger partial charge in [0.15, 0.2) is 0 Å². The molecule has 2 aromatic rings. The minimum Gasteiger partial charge on any atom is -0.497 e. The first-order chi connectivity index (χ1) is 10.1. The molecule has 0 saturated heterocycles. The second kappa shape index (κ2) is 7.69. The average Bonchev–Trinajstić information content (AvgIpc) is 2.50. The molecule has 0 aromatic heterocycles. The van der Waals surface area contributed by atoms with Gasteiger partial charge in [0.2, 0.25) is 0 Å². The lowest BCUT2D eigenvalue weighted by atomic mass is 9.98. The van der Waals surface area contributed by atoms with Crippen LogP contribution in [0.3, 0.4) is 0 Å². The van der Waals surface area contributed by atoms with E-state index in [0.717, 1.165) is 29.3 Å². The van der Waals surface area contributed by atoms with Gasteiger partial charge in [-0.2, -0.15) is 0 Å². The van der Waals surface area contributed by atoms with Crippen LogP contribution in [0.25, 0.3) is 0 Å². The molecule has 0 bridgehead atoms. The second-order valence-electron chi connectivity index (χ2n) is 4.83. The van der Waals surface area contributed by atoms with Gasteiger partial charge in [-0.3, -0.25) is 0 Å². The van der Waals surface area contributed by atoms with E-state index in [-0.39, 0.29) is 6.04 Å². The summed E-state index contributed by atoms with van der Waals surface area (Å²) in [5.74, 6) is 0.854. The van der Waals surface area contributed by atoms with Crippen molar-refractivity contribution in [1.29, 1.82) is 0 Å². The maximum Gasteiger partial charge on any atom is 0.119 e. The van der Waals surface area contributed by atoms with Crippen LogP contribution >= 0.6 is 23.2 Å². The van der Waals surface area contributed by atoms with Crippen LogP contribution in [0, 0.1) is 0 Å². The number of ether oxygens (including phenoxy) is 1. The van der Waals surface area contributed by atoms with E-state index in [1.165, 1.54) is 5.56 Å². The van der Waals surface area contributed by atoms with Crippen LogP contribution in [0.1, 0.15) is 24.1 Å². The van der Waals surface area contributed by atoms with Crippen molar-refractivity contribution in [2.75, 3.05) is 13.7 Å². The van der Waals surface area contributed by atoms with Crippen molar-refractivity contribution in [1.82, 2.24) is 5.32 Å². The number of halogens is 2. The summed E-state index contributed by atoms with van der Waals surface area (Å²) < 4.78 is 5.30. The zero-order chi connectivity index (χ0) is 15.2. The van der Waals surface area contributed by atoms with E-state index in [0.29, 0.717) is 5.02 Å². The fraction of sp³-hybridized carbons (Fsp3) is 0.294. The third-order valence-corrected chi connectivity index (χ3v) is 3.98. The third-order valence-electron chi connectivity index (χ3n) is 3.38. The predicted octanol–water partition coefficient (Wildman–Crippen LogP) is 4.90. The fourth-order valence-corrected chi connectivity index (χ4v) is 2.72. The fourth-order valence-electron chi connectivity index (χ4n) is 2.33. The molecule has 0 aliphatic heterocycles. The Morgan fingerprint density at radius 3 is 2.67 bits per heavy atom. The number of methoxy groups -OCH3 is 1. The molecule has 1 atom stereocenters. The largest absolute Gasteiger partial charge is 0.497 e. The molecular weight excluding hydrogens is 305 g/mol. The van der Waals surface area contributed by atoms with Crippen molar-refractivity contribution in [2.24, 2.45) is 0 Å². The maximum absolute atomic E-state index is 6.28. The molecule has 1 N–H and O–H groups in total. The monoisotopic (exact) mass is 323 g/mol. The van der Waals surface area contributed by atoms with Gasteiger partial charge in [0, 0.05) is 16.1 Å². The molecule has 112 valence electrons. The normalized spacial score (nSPS) is 12.2. The lowest BCUT2D eigenvalue weighted by molar-refractivity contribution is 0.413. The van der Waals surface area contributed by atoms with Crippen molar-refractivity contribution in [3.05, 3.63) is 63.6 Å². The summed E-state index contributed by atoms with van der Waals surface area (Å²) in [6.45, 7) is 2.97. The quantitative estimate of drug-likeness (QED) is 0.816. The summed E-state index contributed by atoms with van der Waals surface area (Å²) in [5.41, 5.74) is 2.21. The van der Waals surface area contributed by atoms with Gasteiger partial charge in [0.05, 0.1) is 7.11 Å². The SMILES string of the molecule is CCNC(Cc1cc(Cl)ccc1Cl)c1cccc(OC)c1. The van der Waals surface area contributed by atoms with E-state index in [1.807, 2.05) is 30.3 Å². The number of hydrogen-bond acceptors (Lipinski definition) is 2. The molecule has 0 aliphatic rings. The Hall–Kier alpha value is -1.22. The summed E-state index contributed by atoms with van der Waals surface area (Å²) in [6.07, 6.45) is 0.778. The molecule has 2 rings (SSSR count). The highest BCUT2D eigenvalue weighted by atomic mass is 35.5. The molecule has 0 saturated carbocycles. The van der Waals surface area contributed by atoms with Gasteiger partial charge in [-0.25, -0.2) is 0 Å². The molecule has 0 fully saturated rings. The van der Waals surface area contributed by atoms with E-state index < -0.39 is 0 Å². The van der Waals surface area contributed by atoms with Crippen molar-refractivity contribution in [2.45, 2.75) is 19.4 Å². The minimum atomic E-state index is 0.168. The van der Waals surface area contributed by atoms with Gasteiger partial charge in [0.1, 0.15) is 5.75 Å². The summed E-state index contributed by atoms with van der Waals surface area (Å²) >= 11 is 12.3. The lowest BCUT2D eigenvalue weighted by Crippen LogP contribution is -2.23. The summed E-state index contributed by atoms with van der Waals surface area (Å²) in [5, 5.41) is 4.93. The zero-order valence-corrected chi connectivity index (χ0v) is 13.7. The van der Waals surface area contributed by atoms with Gasteiger partial charge >= 0.3 is 0 Å². The molecule has 2 aromatic carbocycles. The highest BCUT2D eigenvalue weighted by Gasteiger charge is 2.14. The average molecular weight is 324 g/mol. The first kappa shape index (κ1) is 16.2. The van der Waals surface area contributed by atoms with E-state index in [1.54, 1.807) is 13.2 Å². The number of nitrogens with one attached hydrogen (secondary N) is 1. The molecule has 0 heterocycles. The maximum atomic E-state index is 6.28. The Labute approximate surface area is 136 Å². The molecule has 0 amide bonds. The minimum absolute atomic E-state index is 0.168. The highest BCUT2D eigenvalue weighted by Crippen LogP contribution is 2.27. The molecule has 4 heteroatoms. The van der Waals surface area contributed by atoms with Gasteiger partial charge in [0.25, 0.3) is 0 Å². The van der Waals surface area contributed by atoms with E-state index >= 15 is 0 Å². The van der Waals surface area contributed by atoms with E-state index in [9.17, 15) is 0 Å². The Morgan fingerprint density at radius 2 is 1.95 bits per heavy atom. The lowest BCUT2D eigenvalue weighted by Gasteiger charge is -2.20. The summed E-state index contributed by atoms with van der Waals surface area (Å²) in [4.78, 5) is 0. The Morgan fingerprint density at radius 1 is 1.14 bits per heavy atom. The molecule has 21 heavy (non-hydrogen) atoms. The molecule has 0 radical (unpaired) electrons. The Kier molecular flexibility index (Phi) is 5.92. The molecule has 0 spiro atoms. The molecule has 1 unspecified atom stereocenters. The topological polar surface area (TPSA) is 21.3 Å². The smallest absolute Gasteiger partial charge is 0.119 e. The van der Waals surface area contributed by atoms with Crippen LogP contribution < -0.4 is 10.1 Å². The predicted molar refractivity (Wildman–Crippen MR) is 89.6 cm³/mol. The first-order valence-electron chi connectivity index (χ1n) is 6.95. The Bertz CT molecular complexity index is 601. The molecular formula is C17H19Cl2NO. The first-order valence-corrected chi connectivity index (χ1v) is 7.71. The van der Waals surface area contributed by atoms with Crippen molar-refractivity contribution in [3.8, 4) is 5.75 Å². The standard InChI is InChI=1S/C17H19Cl2NO/c1-3-20-17(12-5-4-6-15(10-12)21-2)11-13-9-14(18)7-8-16(13)19/h4-10,17,20H,3,11H2,1-2H3. The van der Waals surface area contributed by atoms with Gasteiger partial charge in [-0.1, -0.05) is 42.3 Å². The highest BCUT2D eigenvalue weighted by molar-refractivity contribution is 6.33. The third kappa shape index (κ3) is 4.37. The van der Waals surface area contributed by atoms with Gasteiger partial charge in [-0.15, -0.1) is 0 Å². The van der Waals surface area contributed by atoms with Gasteiger partial charge in [-0.05, 0) is 54.4 Å². The van der Waals surface area contributed by atoms with Crippen LogP contribution in [-0.2, 0) is 6.42 Å². The van der Waals surface area contributed by atoms with Crippen LogP contribution in [0.2, 0.25) is 10.0 Å². The number of likely N-dealkylation sites (N-methyl/N-ethyl adjacent to an activating group) is 1. The molecule has 2 nitrogen and oxygen atoms in total. The van der Waals surface area contributed by atoms with Gasteiger partial charge < -0.3 is 10.1 Å². The molecule has 0 aliphatic carbocycles. The number of benzene rings is 2. The second-order valence-corrected chi connectivity index (χ2v) is 5.67. The van der Waals surface area contributed by atoms with Crippen molar-refractivity contribution in [3.63, 3.8) is 0 Å².